The van der Waals surface area contributed by atoms with E-state index < -0.39 is 10.8 Å². The summed E-state index contributed by atoms with van der Waals surface area (Å²) < 4.78 is 0. The van der Waals surface area contributed by atoms with Crippen molar-refractivity contribution in [1.29, 1.82) is 0 Å². The molecular weight excluding hydrogens is 376 g/mol. The highest BCUT2D eigenvalue weighted by atomic mass is 16.6. The number of amides is 1. The molecule has 10 heteroatoms. The normalized spacial score (nSPS) is 12.1. The molecule has 4 N–H and O–H groups in total. The molecule has 0 unspecified atom stereocenters. The Morgan fingerprint density at radius 1 is 1.14 bits per heavy atom. The predicted molar refractivity (Wildman–Crippen MR) is 110 cm³/mol. The number of hydrogen-bond donors (Lipinski definition) is 4. The predicted octanol–water partition coefficient (Wildman–Crippen LogP) is 3.45. The van der Waals surface area contributed by atoms with Gasteiger partial charge in [-0.3, -0.25) is 25.6 Å². The second-order valence-corrected chi connectivity index (χ2v) is 6.20. The number of anilines is 1. The Bertz CT molecular complexity index is 1130. The molecule has 0 aliphatic carbocycles. The molecule has 29 heavy (non-hydrogen) atoms. The van der Waals surface area contributed by atoms with Crippen molar-refractivity contribution < 1.29 is 14.9 Å². The van der Waals surface area contributed by atoms with Gasteiger partial charge < -0.3 is 10.3 Å². The number of rotatable bonds is 5. The molecule has 1 heterocycles. The number of carbonyl (C=O) groups excluding carboxylic acids is 1. The lowest BCUT2D eigenvalue weighted by atomic mass is 10.1. The highest BCUT2D eigenvalue weighted by Gasteiger charge is 2.17. The van der Waals surface area contributed by atoms with E-state index in [9.17, 15) is 14.9 Å². The van der Waals surface area contributed by atoms with Gasteiger partial charge in [0.05, 0.1) is 10.6 Å². The Labute approximate surface area is 165 Å². The first-order valence-corrected chi connectivity index (χ1v) is 8.56. The van der Waals surface area contributed by atoms with Crippen LogP contribution in [-0.2, 0) is 0 Å². The molecule has 2 aromatic carbocycles. The van der Waals surface area contributed by atoms with Gasteiger partial charge in [-0.2, -0.15) is 5.10 Å². The topological polar surface area (TPSA) is 145 Å². The zero-order valence-corrected chi connectivity index (χ0v) is 15.6. The monoisotopic (exact) mass is 394 g/mol. The molecule has 0 bridgehead atoms. The van der Waals surface area contributed by atoms with E-state index in [4.69, 9.17) is 5.21 Å². The number of carbonyl (C=O) groups is 1. The molecule has 148 valence electrons. The maximum absolute atomic E-state index is 12.5. The van der Waals surface area contributed by atoms with Gasteiger partial charge in [-0.15, -0.1) is 5.10 Å². The average Bonchev–Trinajstić information content (AvgIpc) is 3.16. The number of hydroxylamine groups is 1. The Hall–Kier alpha value is -4.05. The fourth-order valence-corrected chi connectivity index (χ4v) is 2.64. The lowest BCUT2D eigenvalue weighted by Gasteiger charge is -2.05. The maximum atomic E-state index is 12.5. The maximum Gasteiger partial charge on any atom is 0.293 e. The number of amidine groups is 1. The number of aromatic amines is 1. The SMILES string of the molecule is C/C(=N/N=C(\C)c1ccc(NC(=O)c2cc3cccc([N+](=O)[O-])c3[nH]2)cc1)NO. The third-order valence-corrected chi connectivity index (χ3v) is 4.15. The number of fused-ring (bicyclic) bond motifs is 1. The molecule has 0 saturated carbocycles. The molecular formula is C19H18N6O4. The van der Waals surface area contributed by atoms with E-state index in [1.807, 2.05) is 5.48 Å². The summed E-state index contributed by atoms with van der Waals surface area (Å²) in [7, 11) is 0. The van der Waals surface area contributed by atoms with Crippen LogP contribution in [0.25, 0.3) is 10.9 Å². The number of aromatic nitrogens is 1. The summed E-state index contributed by atoms with van der Waals surface area (Å²) in [6.45, 7) is 3.33. The molecule has 3 rings (SSSR count). The van der Waals surface area contributed by atoms with Crippen LogP contribution in [0.5, 0.6) is 0 Å². The van der Waals surface area contributed by atoms with Gasteiger partial charge in [-0.05, 0) is 37.6 Å². The molecule has 10 nitrogen and oxygen atoms in total. The summed E-state index contributed by atoms with van der Waals surface area (Å²) in [6, 6.07) is 13.2. The highest BCUT2D eigenvalue weighted by Crippen LogP contribution is 2.25. The van der Waals surface area contributed by atoms with Crippen molar-refractivity contribution in [2.24, 2.45) is 10.2 Å². The third-order valence-electron chi connectivity index (χ3n) is 4.15. The number of nitro benzene ring substituents is 1. The number of benzene rings is 2. The van der Waals surface area contributed by atoms with Crippen molar-refractivity contribution in [3.8, 4) is 0 Å². The van der Waals surface area contributed by atoms with Crippen LogP contribution in [0.4, 0.5) is 11.4 Å². The number of nitrogens with zero attached hydrogens (tertiary/aromatic N) is 3. The molecule has 0 radical (unpaired) electrons. The van der Waals surface area contributed by atoms with Gasteiger partial charge in [0.1, 0.15) is 17.0 Å². The van der Waals surface area contributed by atoms with E-state index in [1.54, 1.807) is 56.3 Å². The summed E-state index contributed by atoms with van der Waals surface area (Å²) in [4.78, 5) is 26.0. The van der Waals surface area contributed by atoms with Crippen LogP contribution in [0, 0.1) is 10.1 Å². The first kappa shape index (κ1) is 19.7. The Morgan fingerprint density at radius 2 is 1.86 bits per heavy atom. The van der Waals surface area contributed by atoms with Crippen molar-refractivity contribution in [2.45, 2.75) is 13.8 Å². The molecule has 0 aliphatic heterocycles. The van der Waals surface area contributed by atoms with Crippen molar-refractivity contribution >= 4 is 39.7 Å². The molecule has 0 saturated heterocycles. The minimum atomic E-state index is -0.495. The third kappa shape index (κ3) is 4.45. The molecule has 0 aliphatic rings. The van der Waals surface area contributed by atoms with E-state index in [1.165, 1.54) is 6.07 Å². The van der Waals surface area contributed by atoms with E-state index in [2.05, 4.69) is 20.5 Å². The van der Waals surface area contributed by atoms with Crippen LogP contribution in [0.15, 0.2) is 58.7 Å². The summed E-state index contributed by atoms with van der Waals surface area (Å²) in [5.74, 6) is -0.158. The zero-order chi connectivity index (χ0) is 21.0. The Morgan fingerprint density at radius 3 is 2.52 bits per heavy atom. The van der Waals surface area contributed by atoms with E-state index in [0.29, 0.717) is 22.3 Å². The number of para-hydroxylation sites is 1. The smallest absolute Gasteiger partial charge is 0.293 e. The molecule has 0 spiro atoms. The minimum Gasteiger partial charge on any atom is -0.345 e. The highest BCUT2D eigenvalue weighted by molar-refractivity contribution is 6.07. The minimum absolute atomic E-state index is 0.0880. The van der Waals surface area contributed by atoms with Gasteiger partial charge in [-0.25, -0.2) is 0 Å². The summed E-state index contributed by atoms with van der Waals surface area (Å²) >= 11 is 0. The number of hydrogen-bond acceptors (Lipinski definition) is 6. The molecule has 1 amide bonds. The van der Waals surface area contributed by atoms with Crippen LogP contribution >= 0.6 is 0 Å². The van der Waals surface area contributed by atoms with Crippen molar-refractivity contribution in [3.63, 3.8) is 0 Å². The largest absolute Gasteiger partial charge is 0.345 e. The van der Waals surface area contributed by atoms with Crippen LogP contribution in [0.2, 0.25) is 0 Å². The lowest BCUT2D eigenvalue weighted by molar-refractivity contribution is -0.383. The lowest BCUT2D eigenvalue weighted by Crippen LogP contribution is -2.14. The molecule has 0 atom stereocenters. The molecule has 3 aromatic rings. The van der Waals surface area contributed by atoms with Gasteiger partial charge in [0.25, 0.3) is 11.6 Å². The van der Waals surface area contributed by atoms with E-state index >= 15 is 0 Å². The first-order chi connectivity index (χ1) is 13.9. The van der Waals surface area contributed by atoms with Gasteiger partial charge in [0.15, 0.2) is 0 Å². The van der Waals surface area contributed by atoms with Gasteiger partial charge in [0, 0.05) is 17.1 Å². The van der Waals surface area contributed by atoms with Crippen LogP contribution in [0.1, 0.15) is 29.9 Å². The Kier molecular flexibility index (Phi) is 5.65. The standard InChI is InChI=1S/C19H18N6O4/c1-11(22-23-12(2)24-27)13-6-8-15(9-7-13)20-19(26)16-10-14-4-3-5-17(25(28)29)18(14)21-16/h3-10,21,27H,1-2H3,(H,20,26)(H,23,24)/b22-11+. The molecule has 1 aromatic heterocycles. The molecule has 0 fully saturated rings. The quantitative estimate of drug-likeness (QED) is 0.227. The van der Waals surface area contributed by atoms with Crippen LogP contribution in [0.3, 0.4) is 0 Å². The van der Waals surface area contributed by atoms with Crippen LogP contribution in [-0.4, -0.2) is 32.6 Å². The Balaban J connectivity index is 1.77. The summed E-state index contributed by atoms with van der Waals surface area (Å²) in [6.07, 6.45) is 0. The average molecular weight is 394 g/mol. The van der Waals surface area contributed by atoms with Gasteiger partial charge >= 0.3 is 0 Å². The number of H-pyrrole nitrogens is 1. The number of non-ortho nitro benzene ring substituents is 1. The van der Waals surface area contributed by atoms with Crippen molar-refractivity contribution in [3.05, 3.63) is 69.9 Å². The summed E-state index contributed by atoms with van der Waals surface area (Å²) in [5.41, 5.74) is 4.30. The van der Waals surface area contributed by atoms with Crippen molar-refractivity contribution in [1.82, 2.24) is 10.5 Å². The van der Waals surface area contributed by atoms with E-state index in [-0.39, 0.29) is 17.2 Å². The second-order valence-electron chi connectivity index (χ2n) is 6.20. The van der Waals surface area contributed by atoms with Gasteiger partial charge in [0.2, 0.25) is 0 Å². The van der Waals surface area contributed by atoms with E-state index in [0.717, 1.165) is 5.56 Å². The summed E-state index contributed by atoms with van der Waals surface area (Å²) in [5, 5.41) is 30.9. The fourth-order valence-electron chi connectivity index (χ4n) is 2.64. The van der Waals surface area contributed by atoms with Crippen LogP contribution < -0.4 is 10.8 Å². The fraction of sp³-hybridized carbons (Fsp3) is 0.105. The first-order valence-electron chi connectivity index (χ1n) is 8.56. The number of nitro groups is 1. The second kappa shape index (κ2) is 8.31. The number of nitrogens with one attached hydrogen (secondary N) is 3. The van der Waals surface area contributed by atoms with Crippen molar-refractivity contribution in [2.75, 3.05) is 5.32 Å². The van der Waals surface area contributed by atoms with Gasteiger partial charge in [-0.1, -0.05) is 24.3 Å². The zero-order valence-electron chi connectivity index (χ0n) is 15.6.